The number of carbonyl (C=O) groups is 1. The van der Waals surface area contributed by atoms with Crippen molar-refractivity contribution in [3.63, 3.8) is 0 Å². The smallest absolute Gasteiger partial charge is 0.341 e. The maximum absolute atomic E-state index is 11.8. The molecule has 1 aromatic heterocycles. The zero-order valence-corrected chi connectivity index (χ0v) is 10.7. The summed E-state index contributed by atoms with van der Waals surface area (Å²) in [5.41, 5.74) is 0.920. The molecule has 0 N–H and O–H groups in total. The molecular formula is C12H11ClN2O3. The molecule has 94 valence electrons. The highest BCUT2D eigenvalue weighted by Crippen LogP contribution is 2.28. The van der Waals surface area contributed by atoms with E-state index in [1.54, 1.807) is 19.1 Å². The molecule has 0 amide bonds. The number of hydrogen-bond donors (Lipinski definition) is 0. The SMILES string of the molecule is CCOC(=O)c1cc2c(Cl)ncnc2cc1OC. The first-order chi connectivity index (χ1) is 8.67. The normalized spacial score (nSPS) is 10.4. The number of fused-ring (bicyclic) bond motifs is 1. The van der Waals surface area contributed by atoms with Gasteiger partial charge in [0.25, 0.3) is 0 Å². The summed E-state index contributed by atoms with van der Waals surface area (Å²) in [6.07, 6.45) is 1.36. The van der Waals surface area contributed by atoms with Crippen molar-refractivity contribution in [1.29, 1.82) is 0 Å². The Kier molecular flexibility index (Phi) is 3.62. The first-order valence-electron chi connectivity index (χ1n) is 5.32. The van der Waals surface area contributed by atoms with Crippen LogP contribution in [0.25, 0.3) is 10.9 Å². The van der Waals surface area contributed by atoms with Gasteiger partial charge in [-0.2, -0.15) is 0 Å². The minimum absolute atomic E-state index is 0.285. The Bertz CT molecular complexity index is 601. The highest BCUT2D eigenvalue weighted by Gasteiger charge is 2.16. The van der Waals surface area contributed by atoms with Crippen LogP contribution in [0.2, 0.25) is 5.15 Å². The molecule has 5 nitrogen and oxygen atoms in total. The van der Waals surface area contributed by atoms with Crippen LogP contribution in [-0.2, 0) is 4.74 Å². The third-order valence-corrected chi connectivity index (χ3v) is 2.70. The molecule has 0 saturated heterocycles. The summed E-state index contributed by atoms with van der Waals surface area (Å²) in [5.74, 6) is -0.0631. The molecule has 2 aromatic rings. The molecule has 2 rings (SSSR count). The van der Waals surface area contributed by atoms with Crippen molar-refractivity contribution in [3.8, 4) is 5.75 Å². The van der Waals surface area contributed by atoms with E-state index >= 15 is 0 Å². The molecule has 0 saturated carbocycles. The molecule has 18 heavy (non-hydrogen) atoms. The van der Waals surface area contributed by atoms with Gasteiger partial charge in [0.2, 0.25) is 0 Å². The van der Waals surface area contributed by atoms with Crippen molar-refractivity contribution in [2.75, 3.05) is 13.7 Å². The number of methoxy groups -OCH3 is 1. The molecule has 0 aliphatic rings. The standard InChI is InChI=1S/C12H11ClN2O3/c1-3-18-12(16)8-4-7-9(5-10(8)17-2)14-6-15-11(7)13/h4-6H,3H2,1-2H3. The summed E-state index contributed by atoms with van der Waals surface area (Å²) in [7, 11) is 1.48. The van der Waals surface area contributed by atoms with Gasteiger partial charge in [0.15, 0.2) is 0 Å². The molecule has 0 fully saturated rings. The van der Waals surface area contributed by atoms with Crippen LogP contribution in [0.3, 0.4) is 0 Å². The summed E-state index contributed by atoms with van der Waals surface area (Å²) in [6.45, 7) is 2.03. The third-order valence-electron chi connectivity index (χ3n) is 2.40. The zero-order valence-electron chi connectivity index (χ0n) is 9.94. The van der Waals surface area contributed by atoms with E-state index in [-0.39, 0.29) is 5.15 Å². The van der Waals surface area contributed by atoms with Crippen LogP contribution in [0.4, 0.5) is 0 Å². The Morgan fingerprint density at radius 2 is 2.17 bits per heavy atom. The monoisotopic (exact) mass is 266 g/mol. The molecule has 0 aliphatic carbocycles. The Hall–Kier alpha value is -1.88. The molecule has 0 aliphatic heterocycles. The number of halogens is 1. The van der Waals surface area contributed by atoms with E-state index in [0.29, 0.717) is 28.8 Å². The van der Waals surface area contributed by atoms with Gasteiger partial charge >= 0.3 is 5.97 Å². The average molecular weight is 267 g/mol. The van der Waals surface area contributed by atoms with Crippen molar-refractivity contribution < 1.29 is 14.3 Å². The van der Waals surface area contributed by atoms with Gasteiger partial charge in [0.1, 0.15) is 22.8 Å². The van der Waals surface area contributed by atoms with Crippen LogP contribution in [-0.4, -0.2) is 29.7 Å². The van der Waals surface area contributed by atoms with E-state index in [9.17, 15) is 4.79 Å². The summed E-state index contributed by atoms with van der Waals surface area (Å²) < 4.78 is 10.1. The van der Waals surface area contributed by atoms with Crippen molar-refractivity contribution in [2.24, 2.45) is 0 Å². The van der Waals surface area contributed by atoms with Crippen molar-refractivity contribution in [3.05, 3.63) is 29.2 Å². The van der Waals surface area contributed by atoms with Gasteiger partial charge in [-0.05, 0) is 13.0 Å². The molecule has 6 heteroatoms. The summed E-state index contributed by atoms with van der Waals surface area (Å²) in [5, 5.41) is 0.872. The second-order valence-corrected chi connectivity index (χ2v) is 3.81. The molecule has 0 unspecified atom stereocenters. The minimum Gasteiger partial charge on any atom is -0.496 e. The fraction of sp³-hybridized carbons (Fsp3) is 0.250. The van der Waals surface area contributed by atoms with Gasteiger partial charge in [0, 0.05) is 11.5 Å². The van der Waals surface area contributed by atoms with Crippen LogP contribution >= 0.6 is 11.6 Å². The summed E-state index contributed by atoms with van der Waals surface area (Å²) >= 11 is 5.96. The molecule has 0 radical (unpaired) electrons. The highest BCUT2D eigenvalue weighted by molar-refractivity contribution is 6.34. The maximum atomic E-state index is 11.8. The molecule has 0 bridgehead atoms. The fourth-order valence-electron chi connectivity index (χ4n) is 1.59. The van der Waals surface area contributed by atoms with Crippen LogP contribution in [0.15, 0.2) is 18.5 Å². The predicted octanol–water partition coefficient (Wildman–Crippen LogP) is 2.47. The summed E-state index contributed by atoms with van der Waals surface area (Å²) in [4.78, 5) is 19.7. The van der Waals surface area contributed by atoms with E-state index < -0.39 is 5.97 Å². The second-order valence-electron chi connectivity index (χ2n) is 3.45. The van der Waals surface area contributed by atoms with Gasteiger partial charge in [-0.25, -0.2) is 14.8 Å². The first-order valence-corrected chi connectivity index (χ1v) is 5.70. The topological polar surface area (TPSA) is 61.3 Å². The van der Waals surface area contributed by atoms with Gasteiger partial charge in [-0.15, -0.1) is 0 Å². The Morgan fingerprint density at radius 3 is 2.83 bits per heavy atom. The number of hydrogen-bond acceptors (Lipinski definition) is 5. The van der Waals surface area contributed by atoms with Crippen molar-refractivity contribution in [1.82, 2.24) is 9.97 Å². The lowest BCUT2D eigenvalue weighted by molar-refractivity contribution is 0.0523. The van der Waals surface area contributed by atoms with Gasteiger partial charge < -0.3 is 9.47 Å². The van der Waals surface area contributed by atoms with Gasteiger partial charge in [-0.1, -0.05) is 11.6 Å². The molecule has 1 heterocycles. The molecule has 0 spiro atoms. The largest absolute Gasteiger partial charge is 0.496 e. The van der Waals surface area contributed by atoms with E-state index in [1.165, 1.54) is 13.4 Å². The number of esters is 1. The van der Waals surface area contributed by atoms with E-state index in [1.807, 2.05) is 0 Å². The van der Waals surface area contributed by atoms with Crippen LogP contribution in [0.1, 0.15) is 17.3 Å². The molecule has 1 aromatic carbocycles. The van der Waals surface area contributed by atoms with Crippen LogP contribution in [0.5, 0.6) is 5.75 Å². The third kappa shape index (κ3) is 2.22. The number of aromatic nitrogens is 2. The van der Waals surface area contributed by atoms with E-state index in [2.05, 4.69) is 9.97 Å². The minimum atomic E-state index is -0.462. The van der Waals surface area contributed by atoms with Gasteiger partial charge in [0.05, 0.1) is 19.2 Å². The van der Waals surface area contributed by atoms with Crippen molar-refractivity contribution in [2.45, 2.75) is 6.92 Å². The summed E-state index contributed by atoms with van der Waals surface area (Å²) in [6, 6.07) is 3.21. The van der Waals surface area contributed by atoms with E-state index in [4.69, 9.17) is 21.1 Å². The zero-order chi connectivity index (χ0) is 13.1. The average Bonchev–Trinajstić information content (AvgIpc) is 2.38. The fourth-order valence-corrected chi connectivity index (χ4v) is 1.78. The van der Waals surface area contributed by atoms with Gasteiger partial charge in [-0.3, -0.25) is 0 Å². The number of benzene rings is 1. The number of rotatable bonds is 3. The Morgan fingerprint density at radius 1 is 1.39 bits per heavy atom. The van der Waals surface area contributed by atoms with Crippen LogP contribution in [0, 0.1) is 0 Å². The highest BCUT2D eigenvalue weighted by atomic mass is 35.5. The first kappa shape index (κ1) is 12.6. The predicted molar refractivity (Wildman–Crippen MR) is 67.1 cm³/mol. The lowest BCUT2D eigenvalue weighted by Gasteiger charge is -2.09. The quantitative estimate of drug-likeness (QED) is 0.631. The number of carbonyl (C=O) groups excluding carboxylic acids is 1. The number of ether oxygens (including phenoxy) is 2. The lowest BCUT2D eigenvalue weighted by atomic mass is 10.1. The Labute approximate surface area is 109 Å². The van der Waals surface area contributed by atoms with E-state index in [0.717, 1.165) is 0 Å². The number of nitrogens with zero attached hydrogens (tertiary/aromatic N) is 2. The lowest BCUT2D eigenvalue weighted by Crippen LogP contribution is -2.07. The maximum Gasteiger partial charge on any atom is 0.341 e. The van der Waals surface area contributed by atoms with Crippen molar-refractivity contribution >= 4 is 28.5 Å². The van der Waals surface area contributed by atoms with Crippen LogP contribution < -0.4 is 4.74 Å². The molecule has 0 atom stereocenters. The Balaban J connectivity index is 2.64. The second kappa shape index (κ2) is 5.18. The molecular weight excluding hydrogens is 256 g/mol.